The van der Waals surface area contributed by atoms with E-state index in [0.717, 1.165) is 22.6 Å². The molecular formula is C25H18N2OS. The average Bonchev–Trinajstić information content (AvgIpc) is 3.28. The maximum atomic E-state index is 9.65. The second-order valence-electron chi connectivity index (χ2n) is 6.39. The van der Waals surface area contributed by atoms with Crippen LogP contribution in [0.5, 0.6) is 5.75 Å². The second kappa shape index (κ2) is 8.55. The van der Waals surface area contributed by atoms with Crippen molar-refractivity contribution in [1.29, 1.82) is 5.26 Å². The van der Waals surface area contributed by atoms with Crippen LogP contribution in [0.1, 0.15) is 10.6 Å². The molecule has 0 amide bonds. The lowest BCUT2D eigenvalue weighted by Crippen LogP contribution is -1.88. The third-order valence-corrected chi connectivity index (χ3v) is 5.46. The van der Waals surface area contributed by atoms with Crippen molar-refractivity contribution < 1.29 is 4.74 Å². The summed E-state index contributed by atoms with van der Waals surface area (Å²) >= 11 is 1.47. The van der Waals surface area contributed by atoms with Crippen LogP contribution in [-0.2, 0) is 0 Å². The Hall–Kier alpha value is -3.68. The van der Waals surface area contributed by atoms with E-state index in [1.165, 1.54) is 22.5 Å². The Morgan fingerprint density at radius 2 is 1.55 bits per heavy atom. The number of para-hydroxylation sites is 1. The zero-order valence-corrected chi connectivity index (χ0v) is 16.7. The Bertz CT molecular complexity index is 1190. The lowest BCUT2D eigenvalue weighted by Gasteiger charge is -2.04. The first kappa shape index (κ1) is 18.7. The summed E-state index contributed by atoms with van der Waals surface area (Å²) in [7, 11) is 1.62. The van der Waals surface area contributed by atoms with Crippen molar-refractivity contribution in [2.75, 3.05) is 7.11 Å². The largest absolute Gasteiger partial charge is 0.496 e. The van der Waals surface area contributed by atoms with Crippen LogP contribution in [0, 0.1) is 11.3 Å². The van der Waals surface area contributed by atoms with Crippen molar-refractivity contribution in [3.63, 3.8) is 0 Å². The highest BCUT2D eigenvalue weighted by Crippen LogP contribution is 2.30. The lowest BCUT2D eigenvalue weighted by molar-refractivity contribution is 0.414. The molecule has 1 heterocycles. The number of benzene rings is 3. The summed E-state index contributed by atoms with van der Waals surface area (Å²) in [5.74, 6) is 0.730. The van der Waals surface area contributed by atoms with Gasteiger partial charge in [0.25, 0.3) is 0 Å². The van der Waals surface area contributed by atoms with E-state index in [2.05, 4.69) is 42.5 Å². The molecule has 140 valence electrons. The maximum absolute atomic E-state index is 9.65. The predicted molar refractivity (Wildman–Crippen MR) is 119 cm³/mol. The minimum atomic E-state index is 0.520. The molecule has 0 bridgehead atoms. The van der Waals surface area contributed by atoms with Gasteiger partial charge in [0, 0.05) is 16.5 Å². The number of rotatable bonds is 5. The van der Waals surface area contributed by atoms with Crippen molar-refractivity contribution in [3.8, 4) is 34.2 Å². The molecule has 0 saturated carbocycles. The van der Waals surface area contributed by atoms with Crippen LogP contribution in [-0.4, -0.2) is 12.1 Å². The van der Waals surface area contributed by atoms with Crippen LogP contribution in [0.3, 0.4) is 0 Å². The van der Waals surface area contributed by atoms with Crippen LogP contribution in [0.15, 0.2) is 84.2 Å². The van der Waals surface area contributed by atoms with E-state index in [0.29, 0.717) is 10.6 Å². The van der Waals surface area contributed by atoms with Gasteiger partial charge in [0.1, 0.15) is 16.8 Å². The second-order valence-corrected chi connectivity index (χ2v) is 7.25. The van der Waals surface area contributed by atoms with Gasteiger partial charge < -0.3 is 4.74 Å². The highest BCUT2D eigenvalue weighted by Gasteiger charge is 2.10. The fourth-order valence-corrected chi connectivity index (χ4v) is 3.87. The van der Waals surface area contributed by atoms with Gasteiger partial charge in [0.05, 0.1) is 18.4 Å². The molecule has 0 atom stereocenters. The van der Waals surface area contributed by atoms with E-state index in [-0.39, 0.29) is 0 Å². The van der Waals surface area contributed by atoms with Crippen LogP contribution in [0.4, 0.5) is 0 Å². The first-order valence-electron chi connectivity index (χ1n) is 9.15. The van der Waals surface area contributed by atoms with E-state index >= 15 is 0 Å². The normalized spacial score (nSPS) is 11.1. The fraction of sp³-hybridized carbons (Fsp3) is 0.0400. The molecular weight excluding hydrogens is 376 g/mol. The summed E-state index contributed by atoms with van der Waals surface area (Å²) < 4.78 is 5.38. The van der Waals surface area contributed by atoms with Crippen molar-refractivity contribution in [2.24, 2.45) is 0 Å². The molecule has 0 aliphatic carbocycles. The maximum Gasteiger partial charge on any atom is 0.134 e. The molecule has 0 spiro atoms. The van der Waals surface area contributed by atoms with Gasteiger partial charge in [-0.25, -0.2) is 4.98 Å². The summed E-state index contributed by atoms with van der Waals surface area (Å²) in [6.45, 7) is 0. The molecule has 4 heteroatoms. The number of nitrogens with zero attached hydrogens (tertiary/aromatic N) is 2. The highest BCUT2D eigenvalue weighted by atomic mass is 32.1. The first-order valence-corrected chi connectivity index (χ1v) is 10.0. The van der Waals surface area contributed by atoms with Crippen molar-refractivity contribution >= 4 is 23.0 Å². The molecule has 3 nitrogen and oxygen atoms in total. The summed E-state index contributed by atoms with van der Waals surface area (Å²) in [6.07, 6.45) is 1.82. The van der Waals surface area contributed by atoms with Crippen LogP contribution in [0.25, 0.3) is 34.0 Å². The number of thiazole rings is 1. The molecule has 0 aliphatic heterocycles. The lowest BCUT2D eigenvalue weighted by atomic mass is 10.0. The Labute approximate surface area is 174 Å². The number of nitriles is 1. The number of hydrogen-bond acceptors (Lipinski definition) is 4. The molecule has 29 heavy (non-hydrogen) atoms. The Morgan fingerprint density at radius 1 is 0.897 bits per heavy atom. The molecule has 4 aromatic rings. The molecule has 0 N–H and O–H groups in total. The minimum Gasteiger partial charge on any atom is -0.496 e. The van der Waals surface area contributed by atoms with E-state index < -0.39 is 0 Å². The topological polar surface area (TPSA) is 45.9 Å². The van der Waals surface area contributed by atoms with Gasteiger partial charge in [0.15, 0.2) is 0 Å². The number of ether oxygens (including phenoxy) is 1. The average molecular weight is 394 g/mol. The van der Waals surface area contributed by atoms with Gasteiger partial charge in [-0.2, -0.15) is 5.26 Å². The van der Waals surface area contributed by atoms with Gasteiger partial charge in [-0.05, 0) is 23.3 Å². The van der Waals surface area contributed by atoms with Gasteiger partial charge in [-0.3, -0.25) is 0 Å². The quantitative estimate of drug-likeness (QED) is 0.361. The molecule has 3 aromatic carbocycles. The smallest absolute Gasteiger partial charge is 0.134 e. The number of hydrogen-bond donors (Lipinski definition) is 0. The van der Waals surface area contributed by atoms with Gasteiger partial charge in [0.2, 0.25) is 0 Å². The predicted octanol–water partition coefficient (Wildman–Crippen LogP) is 6.55. The zero-order valence-electron chi connectivity index (χ0n) is 15.9. The van der Waals surface area contributed by atoms with Crippen molar-refractivity contribution in [2.45, 2.75) is 0 Å². The van der Waals surface area contributed by atoms with E-state index in [4.69, 9.17) is 9.72 Å². The molecule has 0 fully saturated rings. The van der Waals surface area contributed by atoms with Crippen LogP contribution < -0.4 is 4.74 Å². The summed E-state index contributed by atoms with van der Waals surface area (Å²) in [5.41, 5.74) is 5.62. The zero-order chi connectivity index (χ0) is 20.1. The third-order valence-electron chi connectivity index (χ3n) is 4.58. The first-order chi connectivity index (χ1) is 14.3. The van der Waals surface area contributed by atoms with Gasteiger partial charge in [-0.15, -0.1) is 11.3 Å². The molecule has 0 radical (unpaired) electrons. The Balaban J connectivity index is 1.62. The van der Waals surface area contributed by atoms with E-state index in [1.54, 1.807) is 7.11 Å². The molecule has 1 aromatic heterocycles. The van der Waals surface area contributed by atoms with Gasteiger partial charge in [-0.1, -0.05) is 72.8 Å². The number of aromatic nitrogens is 1. The molecule has 0 saturated heterocycles. The third kappa shape index (κ3) is 4.11. The van der Waals surface area contributed by atoms with Crippen molar-refractivity contribution in [1.82, 2.24) is 4.98 Å². The Morgan fingerprint density at radius 3 is 2.28 bits per heavy atom. The summed E-state index contributed by atoms with van der Waals surface area (Å²) in [6, 6.07) is 28.5. The number of methoxy groups -OCH3 is 1. The van der Waals surface area contributed by atoms with E-state index in [1.807, 2.05) is 53.9 Å². The highest BCUT2D eigenvalue weighted by molar-refractivity contribution is 7.11. The molecule has 4 rings (SSSR count). The summed E-state index contributed by atoms with van der Waals surface area (Å²) in [4.78, 5) is 4.69. The van der Waals surface area contributed by atoms with Gasteiger partial charge >= 0.3 is 0 Å². The fourth-order valence-electron chi connectivity index (χ4n) is 3.08. The standard InChI is InChI=1S/C25H18N2OS/c1-28-24-10-6-5-9-21(24)15-22(16-26)25-27-23(17-29-25)20-13-11-19(12-14-20)18-7-3-2-4-8-18/h2-15,17H,1H3/b22-15+. The van der Waals surface area contributed by atoms with Crippen LogP contribution >= 0.6 is 11.3 Å². The van der Waals surface area contributed by atoms with Crippen LogP contribution in [0.2, 0.25) is 0 Å². The number of allylic oxidation sites excluding steroid dienone is 1. The van der Waals surface area contributed by atoms with E-state index in [9.17, 15) is 5.26 Å². The van der Waals surface area contributed by atoms with Crippen molar-refractivity contribution in [3.05, 3.63) is 94.8 Å². The Kier molecular flexibility index (Phi) is 5.51. The monoisotopic (exact) mass is 394 g/mol. The summed E-state index contributed by atoms with van der Waals surface area (Å²) in [5, 5.41) is 12.3. The molecule has 0 unspecified atom stereocenters. The minimum absolute atomic E-state index is 0.520. The molecule has 0 aliphatic rings. The SMILES string of the molecule is COc1ccccc1/C=C(\C#N)c1nc(-c2ccc(-c3ccccc3)cc2)cs1.